The van der Waals surface area contributed by atoms with Gasteiger partial charge in [0.05, 0.1) is 33.6 Å². The first kappa shape index (κ1) is 43.1. The summed E-state index contributed by atoms with van der Waals surface area (Å²) in [4.78, 5) is 59.0. The van der Waals surface area contributed by atoms with Gasteiger partial charge in [-0.15, -0.1) is 0 Å². The average Bonchev–Trinajstić information content (AvgIpc) is 4.25. The normalized spacial score (nSPS) is 22.6. The number of aryl methyl sites for hydroxylation is 5. The van der Waals surface area contributed by atoms with E-state index in [9.17, 15) is 19.2 Å². The minimum Gasteiger partial charge on any atom is -0.268 e. The molecule has 6 nitrogen and oxygen atoms in total. The molecule has 0 N–H and O–H groups in total. The molecule has 0 aromatic heterocycles. The molecule has 72 heavy (non-hydrogen) atoms. The third-order valence-corrected chi connectivity index (χ3v) is 17.8. The van der Waals surface area contributed by atoms with Crippen LogP contribution in [0.3, 0.4) is 0 Å². The summed E-state index contributed by atoms with van der Waals surface area (Å²) in [5, 5.41) is 7.98. The van der Waals surface area contributed by atoms with Crippen LogP contribution in [-0.4, -0.2) is 23.6 Å². The fraction of sp³-hybridized carbons (Fsp3) is 0.242. The molecule has 2 heterocycles. The Kier molecular flexibility index (Phi) is 9.37. The number of amides is 4. The molecular formula is C66H54N2O4. The molecule has 5 atom stereocenters. The molecule has 2 fully saturated rings. The average molecular weight is 939 g/mol. The molecular weight excluding hydrogens is 885 g/mol. The van der Waals surface area contributed by atoms with Crippen molar-refractivity contribution in [1.29, 1.82) is 0 Å². The number of nitrogens with zero attached hydrogens (tertiary/aromatic N) is 2. The van der Waals surface area contributed by atoms with Gasteiger partial charge >= 0.3 is 0 Å². The van der Waals surface area contributed by atoms with E-state index in [1.54, 1.807) is 0 Å². The molecule has 0 radical (unpaired) electrons. The number of hydrogen-bond acceptors (Lipinski definition) is 4. The Morgan fingerprint density at radius 1 is 0.542 bits per heavy atom. The summed E-state index contributed by atoms with van der Waals surface area (Å²) in [5.41, 5.74) is 12.4. The summed E-state index contributed by atoms with van der Waals surface area (Å²) in [6.45, 7) is 10.4. The van der Waals surface area contributed by atoms with E-state index < -0.39 is 0 Å². The molecule has 4 amide bonds. The Labute approximate surface area is 419 Å². The van der Waals surface area contributed by atoms with E-state index in [1.807, 2.05) is 56.3 Å². The van der Waals surface area contributed by atoms with Gasteiger partial charge < -0.3 is 0 Å². The lowest BCUT2D eigenvalue weighted by Gasteiger charge is -2.24. The van der Waals surface area contributed by atoms with Crippen LogP contribution < -0.4 is 9.80 Å². The first-order valence-electron chi connectivity index (χ1n) is 25.9. The number of imide groups is 2. The number of hydrogen-bond donors (Lipinski definition) is 0. The van der Waals surface area contributed by atoms with Crippen LogP contribution >= 0.6 is 0 Å². The van der Waals surface area contributed by atoms with E-state index >= 15 is 0 Å². The van der Waals surface area contributed by atoms with E-state index in [4.69, 9.17) is 0 Å². The Balaban J connectivity index is 0.718. The van der Waals surface area contributed by atoms with Crippen LogP contribution in [0.5, 0.6) is 0 Å². The molecule has 8 aromatic carbocycles. The fourth-order valence-corrected chi connectivity index (χ4v) is 14.1. The minimum absolute atomic E-state index is 0.250. The van der Waals surface area contributed by atoms with Crippen molar-refractivity contribution in [3.05, 3.63) is 207 Å². The van der Waals surface area contributed by atoms with Crippen LogP contribution in [-0.2, 0) is 19.3 Å². The van der Waals surface area contributed by atoms with Crippen molar-refractivity contribution in [2.24, 2.45) is 23.2 Å². The second-order valence-electron chi connectivity index (χ2n) is 22.3. The van der Waals surface area contributed by atoms with Gasteiger partial charge in [0.1, 0.15) is 0 Å². The lowest BCUT2D eigenvalue weighted by molar-refractivity contribution is 0.0910. The second-order valence-corrected chi connectivity index (χ2v) is 22.3. The van der Waals surface area contributed by atoms with Crippen molar-refractivity contribution in [1.82, 2.24) is 0 Å². The highest BCUT2D eigenvalue weighted by molar-refractivity contribution is 6.36. The summed E-state index contributed by atoms with van der Waals surface area (Å²) >= 11 is 0. The molecule has 4 bridgehead atoms. The first-order valence-corrected chi connectivity index (χ1v) is 25.9. The minimum atomic E-state index is -0.278. The lowest BCUT2D eigenvalue weighted by Crippen LogP contribution is -2.30. The molecule has 4 aliphatic carbocycles. The summed E-state index contributed by atoms with van der Waals surface area (Å²) in [7, 11) is 0. The van der Waals surface area contributed by atoms with Crippen LogP contribution in [0.1, 0.15) is 124 Å². The van der Waals surface area contributed by atoms with Gasteiger partial charge in [-0.1, -0.05) is 79.4 Å². The van der Waals surface area contributed by atoms with Gasteiger partial charge in [-0.3, -0.25) is 19.2 Å². The molecule has 2 aliphatic heterocycles. The maximum absolute atomic E-state index is 14.1. The van der Waals surface area contributed by atoms with Gasteiger partial charge in [0.25, 0.3) is 23.6 Å². The Morgan fingerprint density at radius 2 is 1.08 bits per heavy atom. The van der Waals surface area contributed by atoms with Gasteiger partial charge in [0, 0.05) is 0 Å². The zero-order valence-electron chi connectivity index (χ0n) is 41.0. The molecule has 5 unspecified atom stereocenters. The van der Waals surface area contributed by atoms with E-state index in [0.29, 0.717) is 57.3 Å². The highest BCUT2D eigenvalue weighted by Crippen LogP contribution is 2.52. The van der Waals surface area contributed by atoms with Crippen LogP contribution in [0.2, 0.25) is 0 Å². The van der Waals surface area contributed by atoms with E-state index in [2.05, 4.69) is 111 Å². The lowest BCUT2D eigenvalue weighted by atomic mass is 9.81. The Hall–Kier alpha value is -7.70. The van der Waals surface area contributed by atoms with Crippen LogP contribution in [0.4, 0.5) is 11.4 Å². The van der Waals surface area contributed by atoms with Crippen LogP contribution in [0.25, 0.3) is 49.2 Å². The third-order valence-electron chi connectivity index (χ3n) is 17.8. The van der Waals surface area contributed by atoms with Crippen molar-refractivity contribution in [3.8, 4) is 0 Å². The number of rotatable bonds is 9. The predicted octanol–water partition coefficient (Wildman–Crippen LogP) is 14.8. The second kappa shape index (κ2) is 15.6. The molecule has 352 valence electrons. The monoisotopic (exact) mass is 938 g/mol. The van der Waals surface area contributed by atoms with Crippen molar-refractivity contribution in [2.75, 3.05) is 9.80 Å². The quantitative estimate of drug-likeness (QED) is 0.0821. The summed E-state index contributed by atoms with van der Waals surface area (Å²) < 4.78 is 0. The highest BCUT2D eigenvalue weighted by Gasteiger charge is 2.42. The molecule has 2 saturated carbocycles. The summed E-state index contributed by atoms with van der Waals surface area (Å²) in [5.74, 6) is 1.37. The van der Waals surface area contributed by atoms with Crippen molar-refractivity contribution in [3.63, 3.8) is 0 Å². The Morgan fingerprint density at radius 3 is 1.58 bits per heavy atom. The van der Waals surface area contributed by atoms with Crippen molar-refractivity contribution in [2.45, 2.75) is 78.1 Å². The number of carbonyl (C=O) groups excluding carboxylic acids is 4. The molecule has 0 spiro atoms. The maximum atomic E-state index is 14.1. The summed E-state index contributed by atoms with van der Waals surface area (Å²) in [6.07, 6.45) is 20.1. The van der Waals surface area contributed by atoms with Crippen LogP contribution in [0, 0.1) is 43.9 Å². The van der Waals surface area contributed by atoms with Crippen molar-refractivity contribution >= 4 is 84.2 Å². The van der Waals surface area contributed by atoms with Crippen LogP contribution in [0.15, 0.2) is 140 Å². The predicted molar refractivity (Wildman–Crippen MR) is 290 cm³/mol. The number of anilines is 2. The van der Waals surface area contributed by atoms with Gasteiger partial charge in [0.2, 0.25) is 0 Å². The number of benzene rings is 8. The first-order chi connectivity index (χ1) is 34.9. The van der Waals surface area contributed by atoms with E-state index in [1.165, 1.54) is 69.7 Å². The van der Waals surface area contributed by atoms with Gasteiger partial charge in [0.15, 0.2) is 0 Å². The van der Waals surface area contributed by atoms with Gasteiger partial charge in [-0.25, -0.2) is 9.80 Å². The fourth-order valence-electron chi connectivity index (χ4n) is 14.1. The molecule has 8 aromatic rings. The zero-order valence-corrected chi connectivity index (χ0v) is 41.0. The van der Waals surface area contributed by atoms with Gasteiger partial charge in [-0.2, -0.15) is 0 Å². The standard InChI is InChI=1S/C66H54N2O4/c1-5-42-23-48-27-52-31-57-58(63(70)67(62(57)69)60-12-7-41(18-37(60)3)35-66-16-14-39(34-66)15-17-66)33-54(52)29-50(48)25-44(42)10-9-43-24-49-28-53-32-59-56(30-51(53)26-47(49)19-36(43)2)64(71)68(65(59)72)61-13-11-45(20-38(61)4)55-22-40-6-8-46(55)21-40/h5-8,11-14,16,18-20,23-33,39-40,46,55H,1,9-10,15,17,21-22,34-35H2,2-4H3. The summed E-state index contributed by atoms with van der Waals surface area (Å²) in [6, 6.07) is 37.6. The van der Waals surface area contributed by atoms with Gasteiger partial charge in [-0.05, 0) is 256 Å². The Bertz CT molecular complexity index is 3910. The molecule has 6 aliphatic rings. The number of fused-ring (bicyclic) bond motifs is 10. The SMILES string of the molecule is C=Cc1cc2cc3cc4c(cc3cc2cc1CCc1cc2cc3cc5c(cc3cc2cc1C)C(=O)N(c1ccc(C2CC3C=CC2C3)cc1C)C5=O)C(=O)N(c1ccc(CC23C=CC(CC2)C3)cc1C)C4=O. The molecule has 0 saturated heterocycles. The number of carbonyl (C=O) groups is 4. The zero-order chi connectivity index (χ0) is 48.9. The maximum Gasteiger partial charge on any atom is 0.266 e. The van der Waals surface area contributed by atoms with E-state index in [0.717, 1.165) is 79.0 Å². The smallest absolute Gasteiger partial charge is 0.266 e. The molecule has 14 rings (SSSR count). The third kappa shape index (κ3) is 6.60. The highest BCUT2D eigenvalue weighted by atomic mass is 16.2. The number of allylic oxidation sites excluding steroid dienone is 4. The van der Waals surface area contributed by atoms with Crippen molar-refractivity contribution < 1.29 is 19.2 Å². The topological polar surface area (TPSA) is 74.8 Å². The largest absolute Gasteiger partial charge is 0.268 e. The molecule has 6 heteroatoms. The van der Waals surface area contributed by atoms with E-state index in [-0.39, 0.29) is 29.0 Å².